The normalized spacial score (nSPS) is 16.1. The second kappa shape index (κ2) is 8.92. The van der Waals surface area contributed by atoms with Gasteiger partial charge in [0.2, 0.25) is 0 Å². The van der Waals surface area contributed by atoms with Crippen LogP contribution in [0.3, 0.4) is 0 Å². The molecule has 9 heteroatoms. The largest absolute Gasteiger partial charge is 0.383 e. The van der Waals surface area contributed by atoms with Gasteiger partial charge in [0.05, 0.1) is 18.6 Å². The maximum Gasteiger partial charge on any atom is 0.267 e. The first kappa shape index (κ1) is 23.4. The zero-order chi connectivity index (χ0) is 26.6. The molecule has 1 saturated heterocycles. The number of rotatable bonds is 5. The number of nitrogen functional groups attached to an aromatic ring is 1. The number of carbonyl (C=O) groups is 1. The molecule has 3 aromatic heterocycles. The summed E-state index contributed by atoms with van der Waals surface area (Å²) in [7, 11) is 0. The number of pyridine rings is 1. The number of benzene rings is 2. The molecule has 1 aliphatic carbocycles. The van der Waals surface area contributed by atoms with E-state index in [-0.39, 0.29) is 11.1 Å². The number of amides is 1. The lowest BCUT2D eigenvalue weighted by molar-refractivity contribution is -0.173. The Morgan fingerprint density at radius 2 is 1.77 bits per heavy atom. The van der Waals surface area contributed by atoms with E-state index in [1.165, 1.54) is 17.0 Å². The van der Waals surface area contributed by atoms with E-state index < -0.39 is 5.91 Å². The first-order valence-electron chi connectivity index (χ1n) is 12.9. The monoisotopic (exact) mass is 518 g/mol. The van der Waals surface area contributed by atoms with Gasteiger partial charge in [-0.05, 0) is 54.8 Å². The number of para-hydroxylation sites is 1. The highest BCUT2D eigenvalue weighted by Gasteiger charge is 2.50. The highest BCUT2D eigenvalue weighted by Crippen LogP contribution is 2.54. The molecule has 194 valence electrons. The highest BCUT2D eigenvalue weighted by atomic mass is 16.5. The van der Waals surface area contributed by atoms with E-state index in [1.807, 2.05) is 54.6 Å². The molecule has 1 amide bonds. The average Bonchev–Trinajstić information content (AvgIpc) is 3.29. The Kier molecular flexibility index (Phi) is 5.34. The summed E-state index contributed by atoms with van der Waals surface area (Å²) in [6, 6.07) is 20.3. The number of nitrogens with one attached hydrogen (secondary N) is 1. The van der Waals surface area contributed by atoms with Crippen LogP contribution in [0.4, 0.5) is 11.5 Å². The molecule has 39 heavy (non-hydrogen) atoms. The van der Waals surface area contributed by atoms with E-state index in [9.17, 15) is 9.59 Å². The molecule has 7 rings (SSSR count). The van der Waals surface area contributed by atoms with Crippen molar-refractivity contribution in [1.29, 1.82) is 0 Å². The molecule has 5 aromatic rings. The predicted molar refractivity (Wildman–Crippen MR) is 149 cm³/mol. The Morgan fingerprint density at radius 1 is 1.00 bits per heavy atom. The molecular weight excluding hydrogens is 492 g/mol. The lowest BCUT2D eigenvalue weighted by Crippen LogP contribution is -2.52. The topological polar surface area (TPSA) is 117 Å². The van der Waals surface area contributed by atoms with Crippen LogP contribution in [0, 0.1) is 5.41 Å². The summed E-state index contributed by atoms with van der Waals surface area (Å²) < 4.78 is 9.12. The minimum absolute atomic E-state index is 0.0635. The number of carbonyl (C=O) groups excluding carboxylic acids is 1. The van der Waals surface area contributed by atoms with Crippen LogP contribution in [0.15, 0.2) is 90.2 Å². The van der Waals surface area contributed by atoms with Gasteiger partial charge in [-0.15, -0.1) is 0 Å². The second-order valence-electron chi connectivity index (χ2n) is 10.4. The van der Waals surface area contributed by atoms with Crippen LogP contribution < -0.4 is 16.6 Å². The van der Waals surface area contributed by atoms with Gasteiger partial charge in [-0.3, -0.25) is 14.2 Å². The van der Waals surface area contributed by atoms with E-state index in [2.05, 4.69) is 26.0 Å². The van der Waals surface area contributed by atoms with Crippen molar-refractivity contribution >= 4 is 28.4 Å². The summed E-state index contributed by atoms with van der Waals surface area (Å²) >= 11 is 0. The number of fused-ring (bicyclic) bond motifs is 1. The molecule has 9 nitrogen and oxygen atoms in total. The van der Waals surface area contributed by atoms with Crippen molar-refractivity contribution in [3.8, 4) is 16.8 Å². The van der Waals surface area contributed by atoms with Crippen molar-refractivity contribution in [3.63, 3.8) is 0 Å². The van der Waals surface area contributed by atoms with Crippen molar-refractivity contribution in [1.82, 2.24) is 19.1 Å². The summed E-state index contributed by atoms with van der Waals surface area (Å²) in [5.41, 5.74) is 10.3. The van der Waals surface area contributed by atoms with Gasteiger partial charge in [-0.1, -0.05) is 30.3 Å². The quantitative estimate of drug-likeness (QED) is 0.355. The number of nitrogens with two attached hydrogens (primary N) is 1. The molecular formula is C30H26N6O3. The second-order valence-corrected chi connectivity index (χ2v) is 10.4. The summed E-state index contributed by atoms with van der Waals surface area (Å²) in [5.74, 6) is -0.0305. The van der Waals surface area contributed by atoms with Crippen LogP contribution in [0.2, 0.25) is 0 Å². The van der Waals surface area contributed by atoms with E-state index in [0.717, 1.165) is 48.2 Å². The Hall–Kier alpha value is -4.76. The zero-order valence-electron chi connectivity index (χ0n) is 21.1. The minimum atomic E-state index is -0.467. The summed E-state index contributed by atoms with van der Waals surface area (Å²) in [6.45, 7) is 1.67. The molecule has 3 N–H and O–H groups in total. The molecule has 2 aromatic carbocycles. The summed E-state index contributed by atoms with van der Waals surface area (Å²) in [5, 5.41) is 3.67. The van der Waals surface area contributed by atoms with Crippen LogP contribution in [0.5, 0.6) is 0 Å². The summed E-state index contributed by atoms with van der Waals surface area (Å²) in [4.78, 5) is 34.8. The van der Waals surface area contributed by atoms with E-state index >= 15 is 0 Å². The predicted octanol–water partition coefficient (Wildman–Crippen LogP) is 4.44. The van der Waals surface area contributed by atoms with E-state index in [4.69, 9.17) is 10.5 Å². The SMILES string of the molecule is Nc1ncnc2c1c(-c1ccc(NC(=O)c3cccn(-c4ccccc4)c3=O)cc1)cn2C1CC2(COC2)C1. The van der Waals surface area contributed by atoms with Crippen molar-refractivity contribution in [3.05, 3.63) is 101 Å². The number of anilines is 2. The average molecular weight is 519 g/mol. The fourth-order valence-corrected chi connectivity index (χ4v) is 5.76. The molecule has 1 saturated carbocycles. The van der Waals surface area contributed by atoms with Gasteiger partial charge in [0.25, 0.3) is 11.5 Å². The van der Waals surface area contributed by atoms with Gasteiger partial charge in [0.1, 0.15) is 23.4 Å². The van der Waals surface area contributed by atoms with E-state index in [1.54, 1.807) is 12.3 Å². The molecule has 0 radical (unpaired) electrons. The number of hydrogen-bond acceptors (Lipinski definition) is 6. The molecule has 4 heterocycles. The third kappa shape index (κ3) is 3.90. The lowest BCUT2D eigenvalue weighted by Gasteiger charge is -2.53. The first-order chi connectivity index (χ1) is 19.0. The molecule has 0 atom stereocenters. The van der Waals surface area contributed by atoms with Crippen molar-refractivity contribution in [2.45, 2.75) is 18.9 Å². The molecule has 0 unspecified atom stereocenters. The standard InChI is InChI=1S/C30H26N6O3/c31-26-25-24(15-36(27(25)33-18-32-26)22-13-30(14-22)16-39-17-30)19-8-10-20(11-9-19)34-28(37)23-7-4-12-35(29(23)38)21-5-2-1-3-6-21/h1-12,15,18,22H,13-14,16-17H2,(H,34,37)(H2,31,32,33). The highest BCUT2D eigenvalue weighted by molar-refractivity contribution is 6.04. The molecule has 2 fully saturated rings. The number of ether oxygens (including phenoxy) is 1. The van der Waals surface area contributed by atoms with Crippen molar-refractivity contribution in [2.24, 2.45) is 5.41 Å². The van der Waals surface area contributed by atoms with Crippen molar-refractivity contribution in [2.75, 3.05) is 24.3 Å². The van der Waals surface area contributed by atoms with Gasteiger partial charge >= 0.3 is 0 Å². The maximum atomic E-state index is 13.0. The third-order valence-corrected chi connectivity index (χ3v) is 7.87. The minimum Gasteiger partial charge on any atom is -0.383 e. The van der Waals surface area contributed by atoms with Crippen LogP contribution in [0.25, 0.3) is 27.8 Å². The first-order valence-corrected chi connectivity index (χ1v) is 12.9. The maximum absolute atomic E-state index is 13.0. The van der Waals surface area contributed by atoms with Crippen LogP contribution in [-0.4, -0.2) is 38.2 Å². The van der Waals surface area contributed by atoms with Gasteiger partial charge < -0.3 is 20.4 Å². The fourth-order valence-electron chi connectivity index (χ4n) is 5.76. The Labute approximate surface area is 223 Å². The van der Waals surface area contributed by atoms with Crippen molar-refractivity contribution < 1.29 is 9.53 Å². The molecule has 1 aliphatic heterocycles. The molecule has 1 spiro atoms. The number of hydrogen-bond donors (Lipinski definition) is 2. The zero-order valence-corrected chi connectivity index (χ0v) is 21.1. The fraction of sp³-hybridized carbons (Fsp3) is 0.200. The summed E-state index contributed by atoms with van der Waals surface area (Å²) in [6.07, 6.45) is 7.40. The third-order valence-electron chi connectivity index (χ3n) is 7.87. The number of nitrogens with zero attached hydrogens (tertiary/aromatic N) is 4. The van der Waals surface area contributed by atoms with Gasteiger partial charge in [-0.2, -0.15) is 0 Å². The molecule has 0 bridgehead atoms. The van der Waals surface area contributed by atoms with Gasteiger partial charge in [0, 0.05) is 40.8 Å². The van der Waals surface area contributed by atoms with Crippen LogP contribution in [-0.2, 0) is 4.74 Å². The van der Waals surface area contributed by atoms with Crippen LogP contribution >= 0.6 is 0 Å². The van der Waals surface area contributed by atoms with Crippen LogP contribution in [0.1, 0.15) is 29.2 Å². The Balaban J connectivity index is 1.15. The molecule has 2 aliphatic rings. The van der Waals surface area contributed by atoms with Gasteiger partial charge in [0.15, 0.2) is 0 Å². The Morgan fingerprint density at radius 3 is 2.49 bits per heavy atom. The smallest absolute Gasteiger partial charge is 0.267 e. The van der Waals surface area contributed by atoms with Gasteiger partial charge in [-0.25, -0.2) is 9.97 Å². The Bertz CT molecular complexity index is 1760. The van der Waals surface area contributed by atoms with E-state index in [0.29, 0.717) is 28.6 Å². The number of aromatic nitrogens is 4. The lowest BCUT2D eigenvalue weighted by atomic mass is 9.64.